The molecule has 0 aliphatic heterocycles. The molecule has 0 spiro atoms. The van der Waals surface area contributed by atoms with Crippen molar-refractivity contribution in [2.24, 2.45) is 33.5 Å². The Bertz CT molecular complexity index is 858. The van der Waals surface area contributed by atoms with Crippen LogP contribution in [0.25, 0.3) is 0 Å². The van der Waals surface area contributed by atoms with Crippen molar-refractivity contribution in [3.63, 3.8) is 0 Å². The first-order valence-electron chi connectivity index (χ1n) is 12.0. The topological polar surface area (TPSA) is 34.1 Å². The summed E-state index contributed by atoms with van der Waals surface area (Å²) in [5.74, 6) is 2.13. The van der Waals surface area contributed by atoms with Crippen LogP contribution in [0.5, 0.6) is 0 Å². The quantitative estimate of drug-likeness (QED) is 0.464. The number of rotatable bonds is 0. The highest BCUT2D eigenvalue weighted by molar-refractivity contribution is 6.05. The fourth-order valence-corrected chi connectivity index (χ4v) is 8.50. The van der Waals surface area contributed by atoms with Gasteiger partial charge in [0.05, 0.1) is 0 Å². The molecule has 0 aromatic rings. The molecule has 2 heteroatoms. The van der Waals surface area contributed by atoms with Crippen molar-refractivity contribution < 1.29 is 9.59 Å². The molecule has 2 saturated carbocycles. The van der Waals surface area contributed by atoms with Crippen LogP contribution in [0.15, 0.2) is 22.8 Å². The van der Waals surface area contributed by atoms with E-state index in [1.54, 1.807) is 0 Å². The van der Waals surface area contributed by atoms with Crippen molar-refractivity contribution >= 4 is 11.6 Å². The molecule has 0 heterocycles. The minimum Gasteiger partial charge on any atom is -0.300 e. The summed E-state index contributed by atoms with van der Waals surface area (Å²) in [6.07, 6.45) is 13.0. The zero-order valence-electron chi connectivity index (χ0n) is 19.1. The summed E-state index contributed by atoms with van der Waals surface area (Å²) in [6, 6.07) is 0. The summed E-state index contributed by atoms with van der Waals surface area (Å²) in [4.78, 5) is 26.0. The van der Waals surface area contributed by atoms with Crippen molar-refractivity contribution in [3.8, 4) is 0 Å². The van der Waals surface area contributed by atoms with Crippen LogP contribution in [-0.2, 0) is 9.59 Å². The maximum atomic E-state index is 13.5. The number of allylic oxidation sites excluding steroid dienone is 4. The number of carbonyl (C=O) groups excluding carboxylic acids is 2. The van der Waals surface area contributed by atoms with Gasteiger partial charge in [0.15, 0.2) is 5.78 Å². The highest BCUT2D eigenvalue weighted by atomic mass is 16.1. The Morgan fingerprint density at radius 1 is 0.897 bits per heavy atom. The molecule has 5 atom stereocenters. The lowest BCUT2D eigenvalue weighted by atomic mass is 9.37. The van der Waals surface area contributed by atoms with Gasteiger partial charge in [0.1, 0.15) is 5.78 Å². The van der Waals surface area contributed by atoms with Gasteiger partial charge in [-0.25, -0.2) is 0 Å². The van der Waals surface area contributed by atoms with E-state index in [0.29, 0.717) is 23.4 Å². The molecule has 5 aliphatic carbocycles. The van der Waals surface area contributed by atoms with Gasteiger partial charge in [-0.2, -0.15) is 0 Å². The number of hydrogen-bond donors (Lipinski definition) is 0. The van der Waals surface area contributed by atoms with Crippen LogP contribution >= 0.6 is 0 Å². The molecular formula is C27H38O2. The fourth-order valence-electron chi connectivity index (χ4n) is 8.50. The van der Waals surface area contributed by atoms with Crippen LogP contribution in [-0.4, -0.2) is 11.6 Å². The number of fused-ring (bicyclic) bond motifs is 6. The van der Waals surface area contributed by atoms with Gasteiger partial charge in [0.25, 0.3) is 0 Å². The molecule has 0 bridgehead atoms. The Morgan fingerprint density at radius 3 is 2.38 bits per heavy atom. The third-order valence-corrected chi connectivity index (χ3v) is 10.7. The predicted molar refractivity (Wildman–Crippen MR) is 116 cm³/mol. The molecule has 158 valence electrons. The van der Waals surface area contributed by atoms with E-state index in [-0.39, 0.29) is 21.7 Å². The molecule has 0 aromatic carbocycles. The number of carbonyl (C=O) groups is 2. The van der Waals surface area contributed by atoms with Crippen LogP contribution in [0.4, 0.5) is 0 Å². The minimum absolute atomic E-state index is 0.0618. The van der Waals surface area contributed by atoms with Gasteiger partial charge in [0.2, 0.25) is 0 Å². The molecule has 2 fully saturated rings. The second-order valence-electron chi connectivity index (χ2n) is 12.3. The second kappa shape index (κ2) is 5.95. The monoisotopic (exact) mass is 394 g/mol. The van der Waals surface area contributed by atoms with Crippen LogP contribution in [0, 0.1) is 33.5 Å². The van der Waals surface area contributed by atoms with E-state index in [1.165, 1.54) is 30.4 Å². The van der Waals surface area contributed by atoms with Crippen LogP contribution in [0.3, 0.4) is 0 Å². The Labute approximate surface area is 176 Å². The molecule has 0 amide bonds. The van der Waals surface area contributed by atoms with E-state index < -0.39 is 0 Å². The molecule has 5 unspecified atom stereocenters. The summed E-state index contributed by atoms with van der Waals surface area (Å²) < 4.78 is 0. The van der Waals surface area contributed by atoms with E-state index in [9.17, 15) is 9.59 Å². The standard InChI is InChI=1S/C27H38O2/c1-24(2)13-10-17-11-14-26(4)20(22(17)23(24)29)8-9-21-25(3)16-19(28)7-6-18(25)12-15-27(21,26)5/h8,18,21H,6-7,9-16H2,1-5H3. The maximum absolute atomic E-state index is 13.5. The number of Topliss-reactive ketones (excluding diaryl/α,β-unsaturated/α-hetero) is 2. The average Bonchev–Trinajstić information content (AvgIpc) is 2.64. The highest BCUT2D eigenvalue weighted by Gasteiger charge is 2.64. The summed E-state index contributed by atoms with van der Waals surface area (Å²) in [5.41, 5.74) is 4.11. The van der Waals surface area contributed by atoms with Gasteiger partial charge in [0, 0.05) is 23.8 Å². The Kier molecular flexibility index (Phi) is 4.05. The van der Waals surface area contributed by atoms with E-state index in [2.05, 4.69) is 40.7 Å². The van der Waals surface area contributed by atoms with Crippen molar-refractivity contribution in [3.05, 3.63) is 22.8 Å². The van der Waals surface area contributed by atoms with E-state index in [0.717, 1.165) is 50.5 Å². The van der Waals surface area contributed by atoms with Crippen molar-refractivity contribution in [1.82, 2.24) is 0 Å². The number of hydrogen-bond acceptors (Lipinski definition) is 2. The van der Waals surface area contributed by atoms with E-state index in [4.69, 9.17) is 0 Å². The molecule has 0 N–H and O–H groups in total. The lowest BCUT2D eigenvalue weighted by molar-refractivity contribution is -0.152. The molecule has 5 rings (SSSR count). The van der Waals surface area contributed by atoms with Crippen LogP contribution in [0.2, 0.25) is 0 Å². The summed E-state index contributed by atoms with van der Waals surface area (Å²) in [6.45, 7) is 11.7. The molecule has 0 radical (unpaired) electrons. The lowest BCUT2D eigenvalue weighted by Gasteiger charge is -2.66. The average molecular weight is 395 g/mol. The zero-order valence-corrected chi connectivity index (χ0v) is 19.1. The molecule has 0 aromatic heterocycles. The summed E-state index contributed by atoms with van der Waals surface area (Å²) in [5, 5.41) is 0. The van der Waals surface area contributed by atoms with Gasteiger partial charge in [-0.1, -0.05) is 46.3 Å². The van der Waals surface area contributed by atoms with Crippen LogP contribution in [0.1, 0.15) is 98.8 Å². The van der Waals surface area contributed by atoms with Gasteiger partial charge < -0.3 is 0 Å². The molecule has 5 aliphatic rings. The first-order valence-corrected chi connectivity index (χ1v) is 12.0. The summed E-state index contributed by atoms with van der Waals surface area (Å²) >= 11 is 0. The van der Waals surface area contributed by atoms with Gasteiger partial charge in [-0.3, -0.25) is 9.59 Å². The van der Waals surface area contributed by atoms with Gasteiger partial charge in [-0.05, 0) is 85.0 Å². The maximum Gasteiger partial charge on any atom is 0.168 e. The third-order valence-electron chi connectivity index (χ3n) is 10.7. The van der Waals surface area contributed by atoms with Gasteiger partial charge >= 0.3 is 0 Å². The largest absolute Gasteiger partial charge is 0.300 e. The molecular weight excluding hydrogens is 356 g/mol. The van der Waals surface area contributed by atoms with E-state index >= 15 is 0 Å². The first kappa shape index (κ1) is 19.8. The van der Waals surface area contributed by atoms with Crippen molar-refractivity contribution in [1.29, 1.82) is 0 Å². The lowest BCUT2D eigenvalue weighted by Crippen LogP contribution is -2.59. The summed E-state index contributed by atoms with van der Waals surface area (Å²) in [7, 11) is 0. The minimum atomic E-state index is -0.227. The molecule has 0 saturated heterocycles. The Hall–Kier alpha value is -1.18. The fraction of sp³-hybridized carbons (Fsp3) is 0.778. The predicted octanol–water partition coefficient (Wildman–Crippen LogP) is 6.59. The van der Waals surface area contributed by atoms with Crippen LogP contribution < -0.4 is 0 Å². The molecule has 2 nitrogen and oxygen atoms in total. The second-order valence-corrected chi connectivity index (χ2v) is 12.3. The van der Waals surface area contributed by atoms with Crippen molar-refractivity contribution in [2.45, 2.75) is 98.8 Å². The SMILES string of the molecule is CC1(C)CCC2=C(C1=O)C1=CCC3C4(C)CC(=O)CCC4CCC3(C)C1(C)CC2. The third kappa shape index (κ3) is 2.41. The molecule has 29 heavy (non-hydrogen) atoms. The highest BCUT2D eigenvalue weighted by Crippen LogP contribution is 2.71. The zero-order chi connectivity index (χ0) is 20.8. The Balaban J connectivity index is 1.62. The van der Waals surface area contributed by atoms with Gasteiger partial charge in [-0.15, -0.1) is 0 Å². The Morgan fingerprint density at radius 2 is 1.62 bits per heavy atom. The smallest absolute Gasteiger partial charge is 0.168 e. The van der Waals surface area contributed by atoms with Crippen molar-refractivity contribution in [2.75, 3.05) is 0 Å². The number of ketones is 2. The van der Waals surface area contributed by atoms with E-state index in [1.807, 2.05) is 0 Å². The first-order chi connectivity index (χ1) is 13.5. The normalized spacial score (nSPS) is 46.3.